The minimum Gasteiger partial charge on any atom is -0.382 e. The molecule has 0 aromatic carbocycles. The van der Waals surface area contributed by atoms with Gasteiger partial charge in [0.15, 0.2) is 37.7 Å². The lowest BCUT2D eigenvalue weighted by Crippen LogP contribution is -2.74. The van der Waals surface area contributed by atoms with E-state index in [-0.39, 0.29) is 39.6 Å². The van der Waals surface area contributed by atoms with Crippen LogP contribution in [0.5, 0.6) is 0 Å². The quantitative estimate of drug-likeness (QED) is 0.118. The molecule has 14 rings (SSSR count). The molecule has 14 fully saturated rings. The maximum Gasteiger partial charge on any atom is 0.224 e. The molecule has 0 unspecified atom stereocenters. The SMILES string of the molecule is COC[C@H]1O[C@@H]2O[C@H]3[C@H](OC)[C@@H](OC)[C@H]4O[C@H]5[C@H](OC)[C@@H](OC)[C@@H](O[C@H]6[C@H](OC)[C@@H](OC)[C@@H](O[C@H]7[C@H](OC)[C@@H](OC)[C@@H](O[C@H]8[C@H](OC)[C@@H](OC)[C@@H](O[C@H]1[C@H](OC)[C@H]2OC)O[C@@H]8COC)O[C@@H]7COC)O[C@@H]6COC)O[C@@H]5CO[C@]3(COC)O4. The summed E-state index contributed by atoms with van der Waals surface area (Å²) in [5.74, 6) is -1.83. The first-order chi connectivity index (χ1) is 40.4. The Kier molecular flexibility index (Phi) is 25.7. The highest BCUT2D eigenvalue weighted by Gasteiger charge is 2.65. The predicted molar refractivity (Wildman–Crippen MR) is 275 cm³/mol. The van der Waals surface area contributed by atoms with Crippen molar-refractivity contribution in [1.82, 2.24) is 0 Å². The maximum absolute atomic E-state index is 7.10. The average molecular weight is 1210 g/mol. The Labute approximate surface area is 485 Å². The average Bonchev–Trinajstić information content (AvgIpc) is 3.68. The largest absolute Gasteiger partial charge is 0.382 e. The van der Waals surface area contributed by atoms with E-state index in [4.69, 9.17) is 142 Å². The fraction of sp³-hybridized carbons (Fsp3) is 1.00. The minimum atomic E-state index is -1.83. The number of hydrogen-bond donors (Lipinski definition) is 0. The molecule has 12 bridgehead atoms. The molecule has 0 amide bonds. The first-order valence-electron chi connectivity index (χ1n) is 27.7. The third-order valence-electron chi connectivity index (χ3n) is 16.8. The van der Waals surface area contributed by atoms with E-state index in [0.717, 1.165) is 0 Å². The lowest BCUT2D eigenvalue weighted by molar-refractivity contribution is -0.469. The molecule has 30 heteroatoms. The Morgan fingerprint density at radius 2 is 0.554 bits per heavy atom. The molecule has 0 spiro atoms. The van der Waals surface area contributed by atoms with Crippen LogP contribution in [0.25, 0.3) is 0 Å². The molecule has 14 aliphatic rings. The van der Waals surface area contributed by atoms with Crippen LogP contribution in [0, 0.1) is 0 Å². The first kappa shape index (κ1) is 67.7. The smallest absolute Gasteiger partial charge is 0.224 e. The van der Waals surface area contributed by atoms with Crippen LogP contribution in [0.4, 0.5) is 0 Å². The van der Waals surface area contributed by atoms with Gasteiger partial charge in [-0.15, -0.1) is 0 Å². The molecule has 14 aliphatic heterocycles. The van der Waals surface area contributed by atoms with Crippen molar-refractivity contribution < 1.29 is 142 Å². The summed E-state index contributed by atoms with van der Waals surface area (Å²) in [6.07, 6.45) is -29.5. The van der Waals surface area contributed by atoms with Gasteiger partial charge in [-0.25, -0.2) is 0 Å². The van der Waals surface area contributed by atoms with Crippen LogP contribution in [0.3, 0.4) is 0 Å². The molecule has 14 heterocycles. The topological polar surface area (TPSA) is 277 Å². The van der Waals surface area contributed by atoms with E-state index in [1.807, 2.05) is 0 Å². The van der Waals surface area contributed by atoms with Crippen LogP contribution in [-0.4, -0.2) is 344 Å². The van der Waals surface area contributed by atoms with Crippen molar-refractivity contribution >= 4 is 0 Å². The summed E-state index contributed by atoms with van der Waals surface area (Å²) >= 11 is 0. The molecule has 0 saturated carbocycles. The molecule has 0 radical (unpaired) electrons. The van der Waals surface area contributed by atoms with Crippen LogP contribution < -0.4 is 0 Å². The Morgan fingerprint density at radius 1 is 0.277 bits per heavy atom. The lowest BCUT2D eigenvalue weighted by atomic mass is 9.92. The predicted octanol–water partition coefficient (Wildman–Crippen LogP) is -1.57. The highest BCUT2D eigenvalue weighted by molar-refractivity contribution is 5.06. The third kappa shape index (κ3) is 13.6. The highest BCUT2D eigenvalue weighted by Crippen LogP contribution is 2.45. The Balaban J connectivity index is 1.26. The molecule has 0 aromatic rings. The van der Waals surface area contributed by atoms with E-state index >= 15 is 0 Å². The first-order valence-corrected chi connectivity index (χ1v) is 27.7. The summed E-state index contributed by atoms with van der Waals surface area (Å²) in [4.78, 5) is 0. The lowest BCUT2D eigenvalue weighted by Gasteiger charge is -2.57. The number of hydrogen-bond acceptors (Lipinski definition) is 30. The van der Waals surface area contributed by atoms with Gasteiger partial charge in [0.1, 0.15) is 147 Å². The fourth-order valence-corrected chi connectivity index (χ4v) is 13.0. The van der Waals surface area contributed by atoms with Gasteiger partial charge in [-0.05, 0) is 0 Å². The van der Waals surface area contributed by atoms with Gasteiger partial charge in [0, 0.05) is 121 Å². The van der Waals surface area contributed by atoms with Crippen molar-refractivity contribution in [3.05, 3.63) is 0 Å². The van der Waals surface area contributed by atoms with Gasteiger partial charge in [-0.1, -0.05) is 0 Å². The van der Waals surface area contributed by atoms with Crippen molar-refractivity contribution in [1.29, 1.82) is 0 Å². The van der Waals surface area contributed by atoms with Crippen molar-refractivity contribution in [2.45, 2.75) is 184 Å². The maximum atomic E-state index is 7.10. The van der Waals surface area contributed by atoms with E-state index in [1.165, 1.54) is 121 Å². The number of ether oxygens (including phenoxy) is 30. The standard InChI is InChI=1S/C53H92O30/c1-54-18-24-29-34(59-6)40(65-12)47(72-24)77-30-25(19-55-2)73-49(41(66-13)35(30)60-7)79-32-27(21-57-4)75-51(44(69-16)37(32)62-9)82-46-39(64-11)45(70-17)52-81-33-28(22-71-53(46,83-52)23-58-5)76-50(43(68-15)38(33)63-10)80-31-26(20-56-3)74-48(78-29)42(67-14)36(31)61-8/h24-52H,18-23H2,1-17H3/t24-,25-,26-,27-,28-,29-,30-,31-,32-,33-,34+,35+,36+,37+,38+,39-,40-,41-,42-,43-,44-,45-,46+,47-,48-,49-,50-,51-,52+,53-/m1/s1. The van der Waals surface area contributed by atoms with Gasteiger partial charge in [0.2, 0.25) is 5.79 Å². The molecular weight excluding hydrogens is 1120 g/mol. The second-order valence-corrected chi connectivity index (χ2v) is 21.0. The summed E-state index contributed by atoms with van der Waals surface area (Å²) < 4.78 is 194. The fourth-order valence-electron chi connectivity index (χ4n) is 13.0. The molecule has 0 N–H and O–H groups in total. The summed E-state index contributed by atoms with van der Waals surface area (Å²) in [5.41, 5.74) is 0. The molecule has 484 valence electrons. The molecule has 0 aliphatic carbocycles. The van der Waals surface area contributed by atoms with Crippen LogP contribution in [0.15, 0.2) is 0 Å². The van der Waals surface area contributed by atoms with Gasteiger partial charge >= 0.3 is 0 Å². The second kappa shape index (κ2) is 31.5. The van der Waals surface area contributed by atoms with Crippen LogP contribution >= 0.6 is 0 Å². The van der Waals surface area contributed by atoms with Crippen LogP contribution in [0.1, 0.15) is 0 Å². The van der Waals surface area contributed by atoms with E-state index in [9.17, 15) is 0 Å². The zero-order chi connectivity index (χ0) is 59.7. The van der Waals surface area contributed by atoms with E-state index in [0.29, 0.717) is 0 Å². The summed E-state index contributed by atoms with van der Waals surface area (Å²) in [5, 5.41) is 0. The number of fused-ring (bicyclic) bond motifs is 2. The molecule has 30 atom stereocenters. The van der Waals surface area contributed by atoms with E-state index < -0.39 is 184 Å². The van der Waals surface area contributed by atoms with E-state index in [1.54, 1.807) is 0 Å². The van der Waals surface area contributed by atoms with Crippen molar-refractivity contribution in [3.8, 4) is 0 Å². The zero-order valence-corrected chi connectivity index (χ0v) is 50.7. The highest BCUT2D eigenvalue weighted by atomic mass is 16.9. The zero-order valence-electron chi connectivity index (χ0n) is 50.7. The summed E-state index contributed by atoms with van der Waals surface area (Å²) in [6.45, 7) is -0.530. The van der Waals surface area contributed by atoms with Gasteiger partial charge in [0.25, 0.3) is 0 Å². The molecule has 30 nitrogen and oxygen atoms in total. The number of methoxy groups -OCH3 is 17. The third-order valence-corrected chi connectivity index (χ3v) is 16.8. The van der Waals surface area contributed by atoms with Gasteiger partial charge in [-0.2, -0.15) is 0 Å². The second-order valence-electron chi connectivity index (χ2n) is 21.0. The monoisotopic (exact) mass is 1210 g/mol. The van der Waals surface area contributed by atoms with Gasteiger partial charge in [0.05, 0.1) is 33.0 Å². The van der Waals surface area contributed by atoms with Gasteiger partial charge in [-0.3, -0.25) is 0 Å². The molecule has 14 saturated heterocycles. The molecule has 0 aromatic heterocycles. The Bertz CT molecular complexity index is 1890. The van der Waals surface area contributed by atoms with E-state index in [2.05, 4.69) is 0 Å². The molecular formula is C53H92O30. The number of rotatable bonds is 22. The summed E-state index contributed by atoms with van der Waals surface area (Å²) in [6, 6.07) is 0. The van der Waals surface area contributed by atoms with Crippen LogP contribution in [0.2, 0.25) is 0 Å². The minimum absolute atomic E-state index is 0.00681. The summed E-state index contributed by atoms with van der Waals surface area (Å²) in [7, 11) is 25.7. The Hall–Kier alpha value is -1.20. The normalized spacial score (nSPS) is 47.9. The van der Waals surface area contributed by atoms with Crippen molar-refractivity contribution in [3.63, 3.8) is 0 Å². The van der Waals surface area contributed by atoms with Crippen LogP contribution in [-0.2, 0) is 142 Å². The van der Waals surface area contributed by atoms with Crippen molar-refractivity contribution in [2.24, 2.45) is 0 Å². The van der Waals surface area contributed by atoms with Gasteiger partial charge < -0.3 is 142 Å². The van der Waals surface area contributed by atoms with Crippen molar-refractivity contribution in [2.75, 3.05) is 161 Å². The Morgan fingerprint density at radius 3 is 0.855 bits per heavy atom. The molecule has 83 heavy (non-hydrogen) atoms.